The number of guanidine groups is 1. The summed E-state index contributed by atoms with van der Waals surface area (Å²) in [5.74, 6) is 0.917. The molecular weight excluding hydrogens is 236 g/mol. The molecule has 2 heterocycles. The van der Waals surface area contributed by atoms with Crippen molar-refractivity contribution in [1.29, 1.82) is 0 Å². The first-order valence-corrected chi connectivity index (χ1v) is 5.55. The van der Waals surface area contributed by atoms with Crippen molar-refractivity contribution in [2.45, 2.75) is 11.7 Å². The highest BCUT2D eigenvalue weighted by Gasteiger charge is 2.19. The first-order valence-electron chi connectivity index (χ1n) is 4.19. The zero-order valence-corrected chi connectivity index (χ0v) is 9.29. The summed E-state index contributed by atoms with van der Waals surface area (Å²) in [6.07, 6.45) is 1.50. The molecule has 0 saturated heterocycles. The van der Waals surface area contributed by atoms with Gasteiger partial charge in [0.1, 0.15) is 5.69 Å². The third-order valence-electron chi connectivity index (χ3n) is 1.83. The SMILES string of the molecule is NC(N)=N/N=C\c1c(Cl)nc2n1CCS2. The van der Waals surface area contributed by atoms with Gasteiger partial charge in [0.05, 0.1) is 6.21 Å². The highest BCUT2D eigenvalue weighted by Crippen LogP contribution is 2.29. The Morgan fingerprint density at radius 2 is 2.40 bits per heavy atom. The minimum atomic E-state index is -0.0853. The minimum absolute atomic E-state index is 0.0853. The van der Waals surface area contributed by atoms with Crippen LogP contribution in [0, 0.1) is 0 Å². The Bertz CT molecular complexity index is 433. The molecule has 0 aliphatic carbocycles. The van der Waals surface area contributed by atoms with Crippen LogP contribution in [0.15, 0.2) is 15.4 Å². The number of nitrogens with zero attached hydrogens (tertiary/aromatic N) is 4. The smallest absolute Gasteiger partial charge is 0.211 e. The summed E-state index contributed by atoms with van der Waals surface area (Å²) < 4.78 is 1.98. The summed E-state index contributed by atoms with van der Waals surface area (Å²) >= 11 is 7.59. The van der Waals surface area contributed by atoms with Gasteiger partial charge in [0, 0.05) is 12.3 Å². The van der Waals surface area contributed by atoms with Gasteiger partial charge < -0.3 is 16.0 Å². The predicted octanol–water partition coefficient (Wildman–Crippen LogP) is 0.250. The van der Waals surface area contributed by atoms with Crippen LogP contribution in [0.4, 0.5) is 0 Å². The molecule has 1 aliphatic rings. The lowest BCUT2D eigenvalue weighted by Gasteiger charge is -1.96. The monoisotopic (exact) mass is 244 g/mol. The summed E-state index contributed by atoms with van der Waals surface area (Å²) in [7, 11) is 0. The molecule has 0 saturated carbocycles. The Morgan fingerprint density at radius 1 is 1.60 bits per heavy atom. The van der Waals surface area contributed by atoms with E-state index in [-0.39, 0.29) is 5.96 Å². The zero-order valence-electron chi connectivity index (χ0n) is 7.72. The second-order valence-corrected chi connectivity index (χ2v) is 4.26. The molecule has 0 spiro atoms. The molecule has 0 radical (unpaired) electrons. The fourth-order valence-corrected chi connectivity index (χ4v) is 2.48. The lowest BCUT2D eigenvalue weighted by Crippen LogP contribution is -2.21. The van der Waals surface area contributed by atoms with Gasteiger partial charge >= 0.3 is 0 Å². The van der Waals surface area contributed by atoms with E-state index in [2.05, 4.69) is 15.2 Å². The molecule has 15 heavy (non-hydrogen) atoms. The van der Waals surface area contributed by atoms with E-state index in [9.17, 15) is 0 Å². The van der Waals surface area contributed by atoms with E-state index in [1.165, 1.54) is 6.21 Å². The van der Waals surface area contributed by atoms with Crippen molar-refractivity contribution >= 4 is 35.5 Å². The third kappa shape index (κ3) is 2.07. The molecule has 80 valence electrons. The van der Waals surface area contributed by atoms with E-state index in [0.717, 1.165) is 23.1 Å². The van der Waals surface area contributed by atoms with E-state index < -0.39 is 0 Å². The van der Waals surface area contributed by atoms with Crippen molar-refractivity contribution < 1.29 is 0 Å². The highest BCUT2D eigenvalue weighted by atomic mass is 35.5. The maximum absolute atomic E-state index is 5.93. The van der Waals surface area contributed by atoms with E-state index in [1.807, 2.05) is 4.57 Å². The Kier molecular flexibility index (Phi) is 2.83. The normalized spacial score (nSPS) is 14.5. The van der Waals surface area contributed by atoms with Crippen LogP contribution >= 0.6 is 23.4 Å². The van der Waals surface area contributed by atoms with E-state index in [4.69, 9.17) is 23.1 Å². The second kappa shape index (κ2) is 4.11. The quantitative estimate of drug-likeness (QED) is 0.443. The second-order valence-electron chi connectivity index (χ2n) is 2.84. The number of nitrogens with two attached hydrogens (primary N) is 2. The van der Waals surface area contributed by atoms with Crippen LogP contribution < -0.4 is 11.5 Å². The van der Waals surface area contributed by atoms with Gasteiger partial charge in [0.2, 0.25) is 5.96 Å². The largest absolute Gasteiger partial charge is 0.369 e. The van der Waals surface area contributed by atoms with Crippen LogP contribution in [-0.2, 0) is 6.54 Å². The lowest BCUT2D eigenvalue weighted by atomic mass is 10.5. The minimum Gasteiger partial charge on any atom is -0.369 e. The van der Waals surface area contributed by atoms with Crippen molar-refractivity contribution in [3.8, 4) is 0 Å². The molecule has 0 unspecified atom stereocenters. The summed E-state index contributed by atoms with van der Waals surface area (Å²) in [4.78, 5) is 4.18. The Balaban J connectivity index is 2.28. The molecule has 1 aliphatic heterocycles. The molecule has 0 amide bonds. The maximum atomic E-state index is 5.93. The van der Waals surface area contributed by atoms with Gasteiger partial charge in [0.25, 0.3) is 0 Å². The first kappa shape index (κ1) is 10.3. The number of hydrogen-bond acceptors (Lipinski definition) is 4. The fraction of sp³-hybridized carbons (Fsp3) is 0.286. The number of aromatic nitrogens is 2. The molecule has 2 rings (SSSR count). The van der Waals surface area contributed by atoms with Crippen LogP contribution in [0.3, 0.4) is 0 Å². The highest BCUT2D eigenvalue weighted by molar-refractivity contribution is 7.99. The van der Waals surface area contributed by atoms with Crippen molar-refractivity contribution in [3.63, 3.8) is 0 Å². The van der Waals surface area contributed by atoms with Gasteiger partial charge in [0.15, 0.2) is 10.3 Å². The number of rotatable bonds is 2. The average Bonchev–Trinajstić information content (AvgIpc) is 2.68. The molecule has 0 bridgehead atoms. The molecule has 0 atom stereocenters. The number of thioether (sulfide) groups is 1. The Hall–Kier alpha value is -1.21. The van der Waals surface area contributed by atoms with E-state index >= 15 is 0 Å². The topological polar surface area (TPSA) is 94.6 Å². The molecule has 4 N–H and O–H groups in total. The molecule has 6 nitrogen and oxygen atoms in total. The number of hydrogen-bond donors (Lipinski definition) is 2. The number of fused-ring (bicyclic) bond motifs is 1. The summed E-state index contributed by atoms with van der Waals surface area (Å²) in [6, 6.07) is 0. The Labute approximate surface area is 95.4 Å². The molecule has 1 aromatic rings. The van der Waals surface area contributed by atoms with Crippen molar-refractivity contribution in [1.82, 2.24) is 9.55 Å². The predicted molar refractivity (Wildman–Crippen MR) is 61.4 cm³/mol. The number of halogens is 1. The average molecular weight is 245 g/mol. The zero-order chi connectivity index (χ0) is 10.8. The van der Waals surface area contributed by atoms with Crippen molar-refractivity contribution in [2.75, 3.05) is 5.75 Å². The van der Waals surface area contributed by atoms with Crippen LogP contribution in [0.25, 0.3) is 0 Å². The summed E-state index contributed by atoms with van der Waals surface area (Å²) in [5, 5.41) is 8.54. The van der Waals surface area contributed by atoms with Crippen LogP contribution in [0.1, 0.15) is 5.69 Å². The van der Waals surface area contributed by atoms with Gasteiger partial charge in [-0.2, -0.15) is 5.10 Å². The van der Waals surface area contributed by atoms with Gasteiger partial charge in [-0.3, -0.25) is 0 Å². The van der Waals surface area contributed by atoms with Gasteiger partial charge in [-0.1, -0.05) is 23.4 Å². The van der Waals surface area contributed by atoms with Crippen molar-refractivity contribution in [3.05, 3.63) is 10.8 Å². The summed E-state index contributed by atoms with van der Waals surface area (Å²) in [6.45, 7) is 0.878. The Morgan fingerprint density at radius 3 is 3.13 bits per heavy atom. The first-order chi connectivity index (χ1) is 7.18. The van der Waals surface area contributed by atoms with E-state index in [0.29, 0.717) is 5.15 Å². The van der Waals surface area contributed by atoms with Gasteiger partial charge in [-0.05, 0) is 0 Å². The van der Waals surface area contributed by atoms with Gasteiger partial charge in [-0.25, -0.2) is 4.98 Å². The number of imidazole rings is 1. The molecular formula is C7H9ClN6S. The maximum Gasteiger partial charge on any atom is 0.211 e. The fourth-order valence-electron chi connectivity index (χ4n) is 1.24. The molecule has 0 aromatic carbocycles. The lowest BCUT2D eigenvalue weighted by molar-refractivity contribution is 0.715. The third-order valence-corrected chi connectivity index (χ3v) is 3.06. The molecule has 0 fully saturated rings. The van der Waals surface area contributed by atoms with Crippen molar-refractivity contribution in [2.24, 2.45) is 21.7 Å². The molecule has 1 aromatic heterocycles. The van der Waals surface area contributed by atoms with Crippen LogP contribution in [0.5, 0.6) is 0 Å². The standard InChI is InChI=1S/C7H9ClN6S/c8-5-4(3-11-13-6(9)10)14-1-2-15-7(14)12-5/h3H,1-2H2,(H4,9,10,13)/b11-3-. The van der Waals surface area contributed by atoms with E-state index in [1.54, 1.807) is 11.8 Å². The van der Waals surface area contributed by atoms with Crippen LogP contribution in [0.2, 0.25) is 5.15 Å². The van der Waals surface area contributed by atoms with Gasteiger partial charge in [-0.15, -0.1) is 5.10 Å². The molecule has 8 heteroatoms. The van der Waals surface area contributed by atoms with Crippen LogP contribution in [-0.4, -0.2) is 27.5 Å². The summed E-state index contributed by atoms with van der Waals surface area (Å²) in [5.41, 5.74) is 11.0.